The van der Waals surface area contributed by atoms with Gasteiger partial charge in [-0.15, -0.1) is 0 Å². The zero-order valence-electron chi connectivity index (χ0n) is 11.2. The lowest BCUT2D eigenvalue weighted by atomic mass is 9.99. The number of methoxy groups -OCH3 is 1. The molecule has 0 unspecified atom stereocenters. The SMILES string of the molecule is [CH2]CCCN1CC=C(c2ccc(OC)cc2)CC1. The average molecular weight is 244 g/mol. The fraction of sp³-hybridized carbons (Fsp3) is 0.438. The molecule has 1 aliphatic heterocycles. The highest BCUT2D eigenvalue weighted by Gasteiger charge is 2.12. The maximum atomic E-state index is 5.18. The van der Waals surface area contributed by atoms with E-state index in [1.165, 1.54) is 24.1 Å². The maximum absolute atomic E-state index is 5.18. The minimum atomic E-state index is 0.923. The van der Waals surface area contributed by atoms with Crippen LogP contribution in [-0.4, -0.2) is 31.6 Å². The second kappa shape index (κ2) is 6.60. The third-order valence-electron chi connectivity index (χ3n) is 3.48. The molecule has 1 heterocycles. The number of unbranched alkanes of at least 4 members (excludes halogenated alkanes) is 1. The molecule has 0 atom stereocenters. The van der Waals surface area contributed by atoms with Crippen LogP contribution >= 0.6 is 0 Å². The summed E-state index contributed by atoms with van der Waals surface area (Å²) in [7, 11) is 1.70. The lowest BCUT2D eigenvalue weighted by Crippen LogP contribution is -2.29. The molecule has 0 bridgehead atoms. The number of ether oxygens (including phenoxy) is 1. The Kier molecular flexibility index (Phi) is 4.82. The molecule has 1 aromatic rings. The van der Waals surface area contributed by atoms with Gasteiger partial charge in [0.25, 0.3) is 0 Å². The summed E-state index contributed by atoms with van der Waals surface area (Å²) in [5.41, 5.74) is 2.79. The Balaban J connectivity index is 1.95. The lowest BCUT2D eigenvalue weighted by Gasteiger charge is -2.26. The molecule has 97 valence electrons. The van der Waals surface area contributed by atoms with Crippen molar-refractivity contribution in [3.63, 3.8) is 0 Å². The first-order chi connectivity index (χ1) is 8.83. The molecular weight excluding hydrogens is 222 g/mol. The smallest absolute Gasteiger partial charge is 0.118 e. The highest BCUT2D eigenvalue weighted by molar-refractivity contribution is 5.67. The van der Waals surface area contributed by atoms with Gasteiger partial charge in [0.1, 0.15) is 5.75 Å². The van der Waals surface area contributed by atoms with Gasteiger partial charge in [0.2, 0.25) is 0 Å². The fourth-order valence-corrected chi connectivity index (χ4v) is 2.32. The van der Waals surface area contributed by atoms with Crippen molar-refractivity contribution in [3.05, 3.63) is 42.8 Å². The quantitative estimate of drug-likeness (QED) is 0.787. The molecule has 2 heteroatoms. The van der Waals surface area contributed by atoms with Crippen molar-refractivity contribution >= 4 is 5.57 Å². The van der Waals surface area contributed by atoms with E-state index in [2.05, 4.69) is 30.0 Å². The monoisotopic (exact) mass is 244 g/mol. The van der Waals surface area contributed by atoms with Gasteiger partial charge in [-0.05, 0) is 42.7 Å². The minimum Gasteiger partial charge on any atom is -0.497 e. The van der Waals surface area contributed by atoms with Crippen molar-refractivity contribution in [1.29, 1.82) is 0 Å². The van der Waals surface area contributed by atoms with Crippen LogP contribution in [0.15, 0.2) is 30.3 Å². The first kappa shape index (κ1) is 13.2. The predicted octanol–water partition coefficient (Wildman–Crippen LogP) is 3.40. The molecule has 18 heavy (non-hydrogen) atoms. The Morgan fingerprint density at radius 3 is 2.61 bits per heavy atom. The van der Waals surface area contributed by atoms with Crippen molar-refractivity contribution in [2.75, 3.05) is 26.7 Å². The van der Waals surface area contributed by atoms with Gasteiger partial charge >= 0.3 is 0 Å². The van der Waals surface area contributed by atoms with Gasteiger partial charge in [-0.25, -0.2) is 0 Å². The average Bonchev–Trinajstić information content (AvgIpc) is 2.46. The van der Waals surface area contributed by atoms with Crippen molar-refractivity contribution < 1.29 is 4.74 Å². The molecule has 0 aromatic heterocycles. The number of benzene rings is 1. The van der Waals surface area contributed by atoms with Crippen molar-refractivity contribution in [2.24, 2.45) is 0 Å². The number of rotatable bonds is 5. The van der Waals surface area contributed by atoms with Crippen LogP contribution in [0.5, 0.6) is 5.75 Å². The maximum Gasteiger partial charge on any atom is 0.118 e. The van der Waals surface area contributed by atoms with Crippen molar-refractivity contribution in [3.8, 4) is 5.75 Å². The normalized spacial score (nSPS) is 16.4. The zero-order chi connectivity index (χ0) is 12.8. The second-order valence-corrected chi connectivity index (χ2v) is 4.72. The third-order valence-corrected chi connectivity index (χ3v) is 3.48. The first-order valence-electron chi connectivity index (χ1n) is 6.68. The molecule has 1 aromatic carbocycles. The molecule has 0 saturated heterocycles. The molecule has 0 amide bonds. The van der Waals surface area contributed by atoms with Gasteiger partial charge < -0.3 is 4.74 Å². The molecule has 0 N–H and O–H groups in total. The molecule has 1 radical (unpaired) electrons. The van der Waals surface area contributed by atoms with Crippen molar-refractivity contribution in [1.82, 2.24) is 4.90 Å². The number of nitrogens with zero attached hydrogens (tertiary/aromatic N) is 1. The van der Waals surface area contributed by atoms with Crippen LogP contribution in [-0.2, 0) is 0 Å². The van der Waals surface area contributed by atoms with Crippen LogP contribution in [0.25, 0.3) is 5.57 Å². The molecule has 0 fully saturated rings. The first-order valence-corrected chi connectivity index (χ1v) is 6.68. The summed E-state index contributed by atoms with van der Waals surface area (Å²) >= 11 is 0. The Hall–Kier alpha value is -1.28. The minimum absolute atomic E-state index is 0.923. The van der Waals surface area contributed by atoms with Crippen LogP contribution in [0, 0.1) is 6.92 Å². The summed E-state index contributed by atoms with van der Waals surface area (Å²) in [5, 5.41) is 0. The van der Waals surface area contributed by atoms with Gasteiger partial charge in [0.05, 0.1) is 7.11 Å². The van der Waals surface area contributed by atoms with E-state index in [1.807, 2.05) is 12.1 Å². The van der Waals surface area contributed by atoms with Gasteiger partial charge in [-0.2, -0.15) is 0 Å². The van der Waals surface area contributed by atoms with Gasteiger partial charge in [0.15, 0.2) is 0 Å². The summed E-state index contributed by atoms with van der Waals surface area (Å²) in [4.78, 5) is 2.50. The molecule has 1 aliphatic rings. The Labute approximate surface area is 110 Å². The Morgan fingerprint density at radius 2 is 2.06 bits per heavy atom. The Bertz CT molecular complexity index is 394. The molecule has 2 rings (SSSR count). The summed E-state index contributed by atoms with van der Waals surface area (Å²) in [6.07, 6.45) is 5.73. The summed E-state index contributed by atoms with van der Waals surface area (Å²) < 4.78 is 5.18. The highest BCUT2D eigenvalue weighted by Crippen LogP contribution is 2.24. The van der Waals surface area contributed by atoms with Crippen LogP contribution < -0.4 is 4.74 Å². The summed E-state index contributed by atoms with van der Waals surface area (Å²) in [5.74, 6) is 0.923. The van der Waals surface area contributed by atoms with E-state index in [1.54, 1.807) is 7.11 Å². The van der Waals surface area contributed by atoms with E-state index in [0.29, 0.717) is 0 Å². The van der Waals surface area contributed by atoms with Crippen LogP contribution in [0.3, 0.4) is 0 Å². The van der Waals surface area contributed by atoms with E-state index in [9.17, 15) is 0 Å². The van der Waals surface area contributed by atoms with Crippen molar-refractivity contribution in [2.45, 2.75) is 19.3 Å². The van der Waals surface area contributed by atoms with E-state index in [-0.39, 0.29) is 0 Å². The van der Waals surface area contributed by atoms with Gasteiger partial charge in [-0.3, -0.25) is 4.90 Å². The van der Waals surface area contributed by atoms with Gasteiger partial charge in [0, 0.05) is 13.1 Å². The van der Waals surface area contributed by atoms with E-state index >= 15 is 0 Å². The van der Waals surface area contributed by atoms with Gasteiger partial charge in [-0.1, -0.05) is 31.6 Å². The van der Waals surface area contributed by atoms with Crippen LogP contribution in [0.1, 0.15) is 24.8 Å². The van der Waals surface area contributed by atoms with Crippen LogP contribution in [0.2, 0.25) is 0 Å². The molecular formula is C16H22NO. The zero-order valence-corrected chi connectivity index (χ0v) is 11.2. The second-order valence-electron chi connectivity index (χ2n) is 4.72. The number of hydrogen-bond acceptors (Lipinski definition) is 2. The summed E-state index contributed by atoms with van der Waals surface area (Å²) in [6.45, 7) is 7.31. The predicted molar refractivity (Wildman–Crippen MR) is 76.6 cm³/mol. The van der Waals surface area contributed by atoms with E-state index < -0.39 is 0 Å². The molecule has 0 aliphatic carbocycles. The Morgan fingerprint density at radius 1 is 1.28 bits per heavy atom. The summed E-state index contributed by atoms with van der Waals surface area (Å²) in [6, 6.07) is 8.36. The topological polar surface area (TPSA) is 12.5 Å². The largest absolute Gasteiger partial charge is 0.497 e. The third kappa shape index (κ3) is 3.36. The van der Waals surface area contributed by atoms with Crippen LogP contribution in [0.4, 0.5) is 0 Å². The lowest BCUT2D eigenvalue weighted by molar-refractivity contribution is 0.298. The molecule has 2 nitrogen and oxygen atoms in total. The van der Waals surface area contributed by atoms with E-state index in [0.717, 1.165) is 31.7 Å². The highest BCUT2D eigenvalue weighted by atomic mass is 16.5. The fourth-order valence-electron chi connectivity index (χ4n) is 2.32. The molecule has 0 spiro atoms. The number of hydrogen-bond donors (Lipinski definition) is 0. The standard InChI is InChI=1S/C16H22NO/c1-3-4-11-17-12-9-15(10-13-17)14-5-7-16(18-2)8-6-14/h5-9H,1,3-4,10-13H2,2H3. The van der Waals surface area contributed by atoms with E-state index in [4.69, 9.17) is 4.74 Å². The molecule has 0 saturated carbocycles.